The lowest BCUT2D eigenvalue weighted by molar-refractivity contribution is 0.416. The molecule has 2 unspecified atom stereocenters. The minimum atomic E-state index is 0.233. The van der Waals surface area contributed by atoms with Gasteiger partial charge in [-0.15, -0.1) is 0 Å². The van der Waals surface area contributed by atoms with E-state index in [4.69, 9.17) is 5.73 Å². The number of rotatable bonds is 4. The Morgan fingerprint density at radius 3 is 2.47 bits per heavy atom. The summed E-state index contributed by atoms with van der Waals surface area (Å²) in [7, 11) is 1.99. The van der Waals surface area contributed by atoms with Crippen molar-refractivity contribution in [2.24, 2.45) is 18.7 Å². The van der Waals surface area contributed by atoms with E-state index >= 15 is 0 Å². The second-order valence-electron chi connectivity index (χ2n) is 4.20. The molecule has 0 saturated heterocycles. The number of hydrogen-bond acceptors (Lipinski definition) is 2. The predicted molar refractivity (Wildman–Crippen MR) is 66.8 cm³/mol. The van der Waals surface area contributed by atoms with Crippen molar-refractivity contribution in [2.75, 3.05) is 0 Å². The molecule has 4 heteroatoms. The highest BCUT2D eigenvalue weighted by Crippen LogP contribution is 2.24. The molecule has 2 atom stereocenters. The molecule has 86 valence electrons. The molecule has 0 saturated carbocycles. The van der Waals surface area contributed by atoms with E-state index < -0.39 is 0 Å². The van der Waals surface area contributed by atoms with Gasteiger partial charge in [0.15, 0.2) is 0 Å². The normalized spacial score (nSPS) is 15.3. The van der Waals surface area contributed by atoms with Crippen LogP contribution in [-0.2, 0) is 13.5 Å². The van der Waals surface area contributed by atoms with Crippen LogP contribution < -0.4 is 5.73 Å². The highest BCUT2D eigenvalue weighted by molar-refractivity contribution is 9.10. The Labute approximate surface area is 100 Å². The summed E-state index contributed by atoms with van der Waals surface area (Å²) >= 11 is 3.58. The van der Waals surface area contributed by atoms with E-state index in [1.165, 1.54) is 5.69 Å². The quantitative estimate of drug-likeness (QED) is 0.916. The predicted octanol–water partition coefficient (Wildman–Crippen LogP) is 2.41. The number of hydrogen-bond donors (Lipinski definition) is 1. The second-order valence-corrected chi connectivity index (χ2v) is 4.99. The summed E-state index contributed by atoms with van der Waals surface area (Å²) in [6.45, 7) is 6.27. The number of aryl methyl sites for hydroxylation is 2. The topological polar surface area (TPSA) is 43.8 Å². The number of nitrogens with zero attached hydrogens (tertiary/aromatic N) is 2. The van der Waals surface area contributed by atoms with Crippen LogP contribution >= 0.6 is 15.9 Å². The highest BCUT2D eigenvalue weighted by atomic mass is 79.9. The molecule has 3 nitrogen and oxygen atoms in total. The van der Waals surface area contributed by atoms with Crippen molar-refractivity contribution in [2.45, 2.75) is 39.7 Å². The molecule has 0 bridgehead atoms. The lowest BCUT2D eigenvalue weighted by Crippen LogP contribution is -2.28. The summed E-state index contributed by atoms with van der Waals surface area (Å²) in [4.78, 5) is 0. The van der Waals surface area contributed by atoms with Gasteiger partial charge in [-0.25, -0.2) is 0 Å². The average Bonchev–Trinajstić information content (AvgIpc) is 2.39. The van der Waals surface area contributed by atoms with Gasteiger partial charge in [-0.1, -0.05) is 13.3 Å². The van der Waals surface area contributed by atoms with Crippen molar-refractivity contribution < 1.29 is 0 Å². The molecule has 0 fully saturated rings. The third-order valence-corrected chi connectivity index (χ3v) is 4.02. The van der Waals surface area contributed by atoms with Crippen LogP contribution in [0.25, 0.3) is 0 Å². The summed E-state index contributed by atoms with van der Waals surface area (Å²) in [6.07, 6.45) is 2.10. The summed E-state index contributed by atoms with van der Waals surface area (Å²) in [5.41, 5.74) is 8.25. The number of halogens is 1. The standard InChI is InChI=1S/C11H20BrN3/c1-5-9(7(2)13)6-10-11(12)8(3)14-15(10)4/h7,9H,5-6,13H2,1-4H3. The van der Waals surface area contributed by atoms with Crippen LogP contribution in [0.5, 0.6) is 0 Å². The van der Waals surface area contributed by atoms with Gasteiger partial charge < -0.3 is 5.73 Å². The van der Waals surface area contributed by atoms with E-state index in [0.717, 1.165) is 23.0 Å². The molecule has 2 N–H and O–H groups in total. The van der Waals surface area contributed by atoms with Crippen molar-refractivity contribution in [3.05, 3.63) is 15.9 Å². The first-order chi connectivity index (χ1) is 6.97. The van der Waals surface area contributed by atoms with E-state index in [-0.39, 0.29) is 6.04 Å². The molecule has 0 aliphatic rings. The largest absolute Gasteiger partial charge is 0.328 e. The average molecular weight is 274 g/mol. The zero-order valence-corrected chi connectivity index (χ0v) is 11.5. The maximum absolute atomic E-state index is 5.96. The SMILES string of the molecule is CCC(Cc1c(Br)c(C)nn1C)C(C)N. The van der Waals surface area contributed by atoms with Crippen molar-refractivity contribution in [3.63, 3.8) is 0 Å². The Bertz CT molecular complexity index is 331. The van der Waals surface area contributed by atoms with Gasteiger partial charge >= 0.3 is 0 Å². The van der Waals surface area contributed by atoms with Gasteiger partial charge in [0.1, 0.15) is 0 Å². The maximum Gasteiger partial charge on any atom is 0.0738 e. The first-order valence-electron chi connectivity index (χ1n) is 5.40. The zero-order valence-electron chi connectivity index (χ0n) is 9.92. The van der Waals surface area contributed by atoms with Gasteiger partial charge in [-0.3, -0.25) is 4.68 Å². The van der Waals surface area contributed by atoms with Crippen LogP contribution in [0, 0.1) is 12.8 Å². The Balaban J connectivity index is 2.88. The van der Waals surface area contributed by atoms with Gasteiger partial charge in [0.25, 0.3) is 0 Å². The molecule has 0 aliphatic heterocycles. The summed E-state index contributed by atoms with van der Waals surface area (Å²) in [5.74, 6) is 0.524. The maximum atomic E-state index is 5.96. The molecule has 1 aromatic heterocycles. The molecule has 0 aliphatic carbocycles. The molecule has 0 radical (unpaired) electrons. The van der Waals surface area contributed by atoms with Crippen LogP contribution in [0.1, 0.15) is 31.7 Å². The molecular formula is C11H20BrN3. The fourth-order valence-corrected chi connectivity index (χ4v) is 2.35. The van der Waals surface area contributed by atoms with Crippen LogP contribution in [0.2, 0.25) is 0 Å². The van der Waals surface area contributed by atoms with Gasteiger partial charge in [0.2, 0.25) is 0 Å². The Morgan fingerprint density at radius 2 is 2.13 bits per heavy atom. The van der Waals surface area contributed by atoms with E-state index in [9.17, 15) is 0 Å². The third-order valence-electron chi connectivity index (χ3n) is 2.99. The first-order valence-corrected chi connectivity index (χ1v) is 6.20. The van der Waals surface area contributed by atoms with E-state index in [0.29, 0.717) is 5.92 Å². The number of aromatic nitrogens is 2. The molecule has 1 heterocycles. The monoisotopic (exact) mass is 273 g/mol. The second kappa shape index (κ2) is 5.12. The minimum absolute atomic E-state index is 0.233. The Morgan fingerprint density at radius 1 is 1.53 bits per heavy atom. The van der Waals surface area contributed by atoms with Gasteiger partial charge in [0, 0.05) is 13.1 Å². The van der Waals surface area contributed by atoms with Crippen LogP contribution in [0.3, 0.4) is 0 Å². The van der Waals surface area contributed by atoms with E-state index in [1.54, 1.807) is 0 Å². The van der Waals surface area contributed by atoms with Gasteiger partial charge in [-0.05, 0) is 42.1 Å². The highest BCUT2D eigenvalue weighted by Gasteiger charge is 2.18. The minimum Gasteiger partial charge on any atom is -0.328 e. The van der Waals surface area contributed by atoms with Crippen LogP contribution in [0.15, 0.2) is 4.47 Å². The fraction of sp³-hybridized carbons (Fsp3) is 0.727. The molecular weight excluding hydrogens is 254 g/mol. The smallest absolute Gasteiger partial charge is 0.0738 e. The van der Waals surface area contributed by atoms with Crippen molar-refractivity contribution in [1.82, 2.24) is 9.78 Å². The van der Waals surface area contributed by atoms with E-state index in [1.807, 2.05) is 18.7 Å². The lowest BCUT2D eigenvalue weighted by atomic mass is 9.93. The van der Waals surface area contributed by atoms with Crippen LogP contribution in [0.4, 0.5) is 0 Å². The summed E-state index contributed by atoms with van der Waals surface area (Å²) in [6, 6.07) is 0.233. The summed E-state index contributed by atoms with van der Waals surface area (Å²) in [5, 5.41) is 4.39. The third kappa shape index (κ3) is 2.82. The van der Waals surface area contributed by atoms with E-state index in [2.05, 4.69) is 34.9 Å². The van der Waals surface area contributed by atoms with Gasteiger partial charge in [-0.2, -0.15) is 5.10 Å². The molecule has 1 aromatic rings. The Kier molecular flexibility index (Phi) is 4.34. The number of nitrogens with two attached hydrogens (primary N) is 1. The first kappa shape index (κ1) is 12.7. The van der Waals surface area contributed by atoms with Crippen molar-refractivity contribution in [1.29, 1.82) is 0 Å². The zero-order chi connectivity index (χ0) is 11.6. The summed E-state index contributed by atoms with van der Waals surface area (Å²) < 4.78 is 3.08. The lowest BCUT2D eigenvalue weighted by Gasteiger charge is -2.19. The Hall–Kier alpha value is -0.350. The molecule has 0 amide bonds. The van der Waals surface area contributed by atoms with Gasteiger partial charge in [0.05, 0.1) is 15.9 Å². The fourth-order valence-electron chi connectivity index (χ4n) is 1.85. The van der Waals surface area contributed by atoms with Crippen LogP contribution in [-0.4, -0.2) is 15.8 Å². The molecule has 1 rings (SSSR count). The molecule has 15 heavy (non-hydrogen) atoms. The van der Waals surface area contributed by atoms with Crippen molar-refractivity contribution in [3.8, 4) is 0 Å². The molecule has 0 spiro atoms. The van der Waals surface area contributed by atoms with Crippen molar-refractivity contribution >= 4 is 15.9 Å². The molecule has 0 aromatic carbocycles.